The molecule has 18 heavy (non-hydrogen) atoms. The Morgan fingerprint density at radius 1 is 1.17 bits per heavy atom. The number of fused-ring (bicyclic) bond motifs is 1. The van der Waals surface area contributed by atoms with Gasteiger partial charge in [-0.05, 0) is 49.8 Å². The van der Waals surface area contributed by atoms with Crippen molar-refractivity contribution in [1.82, 2.24) is 5.32 Å². The summed E-state index contributed by atoms with van der Waals surface area (Å²) in [5.74, 6) is 1.48. The van der Waals surface area contributed by atoms with Crippen molar-refractivity contribution in [3.8, 4) is 0 Å². The Balaban J connectivity index is 1.80. The van der Waals surface area contributed by atoms with Crippen LogP contribution in [0.25, 0.3) is 0 Å². The molecule has 2 unspecified atom stereocenters. The third kappa shape index (κ3) is 2.19. The van der Waals surface area contributed by atoms with Gasteiger partial charge in [0.1, 0.15) is 0 Å². The van der Waals surface area contributed by atoms with E-state index in [1.807, 2.05) is 0 Å². The van der Waals surface area contributed by atoms with Crippen LogP contribution >= 0.6 is 0 Å². The van der Waals surface area contributed by atoms with Crippen LogP contribution in [0.15, 0.2) is 24.3 Å². The van der Waals surface area contributed by atoms with E-state index in [1.54, 1.807) is 11.1 Å². The predicted molar refractivity (Wildman–Crippen MR) is 73.9 cm³/mol. The minimum atomic E-state index is 0.623. The van der Waals surface area contributed by atoms with Gasteiger partial charge in [-0.3, -0.25) is 0 Å². The first-order valence-electron chi connectivity index (χ1n) is 7.23. The molecule has 2 aliphatic rings. The Bertz CT molecular complexity index is 398. The second-order valence-electron chi connectivity index (χ2n) is 5.61. The summed E-state index contributed by atoms with van der Waals surface area (Å²) < 4.78 is 5.50. The highest BCUT2D eigenvalue weighted by atomic mass is 16.5. The zero-order valence-electron chi connectivity index (χ0n) is 11.2. The molecule has 0 radical (unpaired) electrons. The number of likely N-dealkylation sites (N-methyl/N-ethyl adjacent to an activating group) is 1. The number of hydrogen-bond acceptors (Lipinski definition) is 2. The van der Waals surface area contributed by atoms with E-state index >= 15 is 0 Å². The third-order valence-electron chi connectivity index (χ3n) is 4.72. The zero-order chi connectivity index (χ0) is 12.4. The van der Waals surface area contributed by atoms with E-state index in [9.17, 15) is 0 Å². The second-order valence-corrected chi connectivity index (χ2v) is 5.61. The molecule has 1 aromatic rings. The van der Waals surface area contributed by atoms with E-state index in [4.69, 9.17) is 4.74 Å². The van der Waals surface area contributed by atoms with Crippen LogP contribution in [0.5, 0.6) is 0 Å². The number of nitrogens with one attached hydrogen (secondary N) is 1. The molecule has 2 heteroatoms. The van der Waals surface area contributed by atoms with Crippen molar-refractivity contribution < 1.29 is 4.74 Å². The maximum Gasteiger partial charge on any atom is 0.0469 e. The van der Waals surface area contributed by atoms with Gasteiger partial charge in [-0.15, -0.1) is 0 Å². The lowest BCUT2D eigenvalue weighted by Gasteiger charge is -2.34. The lowest BCUT2D eigenvalue weighted by atomic mass is 9.81. The van der Waals surface area contributed by atoms with Gasteiger partial charge in [0, 0.05) is 25.2 Å². The fourth-order valence-electron chi connectivity index (χ4n) is 3.80. The van der Waals surface area contributed by atoms with Crippen LogP contribution in [0.1, 0.15) is 36.3 Å². The molecule has 0 bridgehead atoms. The normalized spacial score (nSPS) is 25.9. The fraction of sp³-hybridized carbons (Fsp3) is 0.625. The first kappa shape index (κ1) is 12.2. The van der Waals surface area contributed by atoms with Gasteiger partial charge in [0.2, 0.25) is 0 Å². The number of benzene rings is 1. The lowest BCUT2D eigenvalue weighted by molar-refractivity contribution is 0.0509. The Morgan fingerprint density at radius 2 is 1.94 bits per heavy atom. The van der Waals surface area contributed by atoms with Crippen molar-refractivity contribution in [3.63, 3.8) is 0 Å². The van der Waals surface area contributed by atoms with Crippen LogP contribution in [-0.2, 0) is 11.2 Å². The molecule has 1 aliphatic carbocycles. The maximum absolute atomic E-state index is 5.50. The van der Waals surface area contributed by atoms with Gasteiger partial charge in [0.05, 0.1) is 0 Å². The van der Waals surface area contributed by atoms with Crippen LogP contribution in [0, 0.1) is 5.92 Å². The molecule has 1 saturated heterocycles. The zero-order valence-corrected chi connectivity index (χ0v) is 11.2. The smallest absolute Gasteiger partial charge is 0.0469 e. The number of aryl methyl sites for hydroxylation is 1. The van der Waals surface area contributed by atoms with Crippen LogP contribution in [-0.4, -0.2) is 26.3 Å². The summed E-state index contributed by atoms with van der Waals surface area (Å²) in [5, 5.41) is 3.60. The van der Waals surface area contributed by atoms with E-state index in [-0.39, 0.29) is 0 Å². The van der Waals surface area contributed by atoms with E-state index in [2.05, 4.69) is 36.6 Å². The molecule has 0 amide bonds. The van der Waals surface area contributed by atoms with Crippen LogP contribution < -0.4 is 5.32 Å². The fourth-order valence-corrected chi connectivity index (χ4v) is 3.80. The van der Waals surface area contributed by atoms with Crippen molar-refractivity contribution in [1.29, 1.82) is 0 Å². The standard InChI is InChI=1S/C16H23NO/c1-17-16(13-8-10-18-11-9-13)15-7-6-12-4-2-3-5-14(12)15/h2-5,13,15-17H,6-11H2,1H3. The average Bonchev–Trinajstić information content (AvgIpc) is 2.85. The van der Waals surface area contributed by atoms with Gasteiger partial charge in [0.25, 0.3) is 0 Å². The number of hydrogen-bond donors (Lipinski definition) is 1. The van der Waals surface area contributed by atoms with Crippen molar-refractivity contribution >= 4 is 0 Å². The summed E-state index contributed by atoms with van der Waals surface area (Å²) in [4.78, 5) is 0. The predicted octanol–water partition coefficient (Wildman–Crippen LogP) is 2.73. The van der Waals surface area contributed by atoms with Crippen LogP contribution in [0.3, 0.4) is 0 Å². The van der Waals surface area contributed by atoms with Crippen molar-refractivity contribution in [2.45, 2.75) is 37.6 Å². The molecule has 1 aromatic carbocycles. The third-order valence-corrected chi connectivity index (χ3v) is 4.72. The van der Waals surface area contributed by atoms with Gasteiger partial charge in [-0.1, -0.05) is 24.3 Å². The number of rotatable bonds is 3. The molecule has 0 saturated carbocycles. The minimum absolute atomic E-state index is 0.623. The molecule has 2 atom stereocenters. The average molecular weight is 245 g/mol. The number of ether oxygens (including phenoxy) is 1. The van der Waals surface area contributed by atoms with Crippen molar-refractivity contribution in [2.24, 2.45) is 5.92 Å². The van der Waals surface area contributed by atoms with Crippen LogP contribution in [0.4, 0.5) is 0 Å². The molecular weight excluding hydrogens is 222 g/mol. The molecule has 98 valence electrons. The molecule has 1 aliphatic heterocycles. The van der Waals surface area contributed by atoms with Crippen molar-refractivity contribution in [2.75, 3.05) is 20.3 Å². The van der Waals surface area contributed by atoms with E-state index in [0.29, 0.717) is 12.0 Å². The summed E-state index contributed by atoms with van der Waals surface area (Å²) in [7, 11) is 2.13. The quantitative estimate of drug-likeness (QED) is 0.884. The van der Waals surface area contributed by atoms with E-state index in [0.717, 1.165) is 19.1 Å². The lowest BCUT2D eigenvalue weighted by Crippen LogP contribution is -2.41. The molecule has 1 fully saturated rings. The summed E-state index contributed by atoms with van der Waals surface area (Å²) in [5.41, 5.74) is 3.15. The monoisotopic (exact) mass is 245 g/mol. The Labute approximate surface area is 110 Å². The molecule has 0 spiro atoms. The summed E-state index contributed by atoms with van der Waals surface area (Å²) in [6.45, 7) is 1.88. The Morgan fingerprint density at radius 3 is 2.72 bits per heavy atom. The highest BCUT2D eigenvalue weighted by Gasteiger charge is 2.34. The molecule has 2 nitrogen and oxygen atoms in total. The highest BCUT2D eigenvalue weighted by Crippen LogP contribution is 2.39. The minimum Gasteiger partial charge on any atom is -0.381 e. The van der Waals surface area contributed by atoms with E-state index < -0.39 is 0 Å². The maximum atomic E-state index is 5.50. The molecular formula is C16H23NO. The van der Waals surface area contributed by atoms with Gasteiger partial charge < -0.3 is 10.1 Å². The van der Waals surface area contributed by atoms with Crippen LogP contribution in [0.2, 0.25) is 0 Å². The molecule has 1 heterocycles. The largest absolute Gasteiger partial charge is 0.381 e. The second kappa shape index (κ2) is 5.41. The highest BCUT2D eigenvalue weighted by molar-refractivity contribution is 5.36. The Hall–Kier alpha value is -0.860. The summed E-state index contributed by atoms with van der Waals surface area (Å²) >= 11 is 0. The van der Waals surface area contributed by atoms with E-state index in [1.165, 1.54) is 25.7 Å². The summed E-state index contributed by atoms with van der Waals surface area (Å²) in [6, 6.07) is 9.61. The first-order valence-corrected chi connectivity index (χ1v) is 7.23. The summed E-state index contributed by atoms with van der Waals surface area (Å²) in [6.07, 6.45) is 4.98. The topological polar surface area (TPSA) is 21.3 Å². The molecule has 1 N–H and O–H groups in total. The first-order chi connectivity index (χ1) is 8.90. The van der Waals surface area contributed by atoms with Gasteiger partial charge in [-0.25, -0.2) is 0 Å². The molecule has 0 aromatic heterocycles. The van der Waals surface area contributed by atoms with Gasteiger partial charge in [0.15, 0.2) is 0 Å². The SMILES string of the molecule is CNC(C1CCOCC1)C1CCc2ccccc21. The molecule has 3 rings (SSSR count). The Kier molecular flexibility index (Phi) is 3.67. The van der Waals surface area contributed by atoms with Gasteiger partial charge >= 0.3 is 0 Å². The van der Waals surface area contributed by atoms with Gasteiger partial charge in [-0.2, -0.15) is 0 Å². The van der Waals surface area contributed by atoms with Crippen molar-refractivity contribution in [3.05, 3.63) is 35.4 Å².